The molecule has 3 heterocycles. The van der Waals surface area contributed by atoms with Gasteiger partial charge in [0.25, 0.3) is 11.5 Å². The first kappa shape index (κ1) is 16.4. The van der Waals surface area contributed by atoms with Crippen LogP contribution in [0.25, 0.3) is 22.2 Å². The number of anilines is 1. The fraction of sp³-hybridized carbons (Fsp3) is 0.263. The van der Waals surface area contributed by atoms with Gasteiger partial charge < -0.3 is 25.5 Å². The smallest absolute Gasteiger partial charge is 0.265 e. The molecule has 0 unspecified atom stereocenters. The zero-order chi connectivity index (χ0) is 18.3. The SMILES string of the molecule is CN1CCN(c2ccc3[nH]c(-c4ccc(C(N)=O)[nH]c4=O)cc3c2)CC1. The molecule has 4 rings (SSSR count). The van der Waals surface area contributed by atoms with Gasteiger partial charge in [0.2, 0.25) is 0 Å². The van der Waals surface area contributed by atoms with Crippen LogP contribution in [0.5, 0.6) is 0 Å². The molecule has 134 valence electrons. The molecule has 1 aromatic carbocycles. The van der Waals surface area contributed by atoms with Crippen molar-refractivity contribution in [2.24, 2.45) is 5.73 Å². The zero-order valence-corrected chi connectivity index (χ0v) is 14.6. The van der Waals surface area contributed by atoms with Gasteiger partial charge in [-0.25, -0.2) is 0 Å². The van der Waals surface area contributed by atoms with Crippen molar-refractivity contribution >= 4 is 22.5 Å². The van der Waals surface area contributed by atoms with Crippen LogP contribution in [-0.4, -0.2) is 54.0 Å². The van der Waals surface area contributed by atoms with E-state index in [-0.39, 0.29) is 11.3 Å². The first-order valence-corrected chi connectivity index (χ1v) is 8.61. The first-order chi connectivity index (χ1) is 12.5. The molecule has 4 N–H and O–H groups in total. The number of nitrogens with one attached hydrogen (secondary N) is 2. The highest BCUT2D eigenvalue weighted by molar-refractivity contribution is 5.92. The van der Waals surface area contributed by atoms with Crippen LogP contribution in [0.1, 0.15) is 10.5 Å². The summed E-state index contributed by atoms with van der Waals surface area (Å²) < 4.78 is 0. The van der Waals surface area contributed by atoms with Gasteiger partial charge in [-0.05, 0) is 43.4 Å². The summed E-state index contributed by atoms with van der Waals surface area (Å²) in [6.07, 6.45) is 0. The Bertz CT molecular complexity index is 1030. The predicted molar refractivity (Wildman–Crippen MR) is 103 cm³/mol. The van der Waals surface area contributed by atoms with Crippen molar-refractivity contribution < 1.29 is 4.79 Å². The van der Waals surface area contributed by atoms with Crippen molar-refractivity contribution in [3.8, 4) is 11.3 Å². The van der Waals surface area contributed by atoms with Gasteiger partial charge in [-0.3, -0.25) is 9.59 Å². The lowest BCUT2D eigenvalue weighted by Gasteiger charge is -2.34. The molecular weight excluding hydrogens is 330 g/mol. The van der Waals surface area contributed by atoms with Crippen molar-refractivity contribution in [3.05, 3.63) is 52.4 Å². The van der Waals surface area contributed by atoms with Gasteiger partial charge in [-0.15, -0.1) is 0 Å². The quantitative estimate of drug-likeness (QED) is 0.664. The van der Waals surface area contributed by atoms with E-state index in [2.05, 4.69) is 38.9 Å². The molecule has 1 amide bonds. The van der Waals surface area contributed by atoms with Gasteiger partial charge in [0.15, 0.2) is 0 Å². The van der Waals surface area contributed by atoms with Crippen molar-refractivity contribution in [3.63, 3.8) is 0 Å². The maximum absolute atomic E-state index is 12.3. The minimum Gasteiger partial charge on any atom is -0.369 e. The van der Waals surface area contributed by atoms with E-state index >= 15 is 0 Å². The summed E-state index contributed by atoms with van der Waals surface area (Å²) in [4.78, 5) is 34.0. The highest BCUT2D eigenvalue weighted by Gasteiger charge is 2.15. The molecule has 0 aliphatic carbocycles. The molecule has 0 saturated carbocycles. The Hall–Kier alpha value is -3.06. The Morgan fingerprint density at radius 3 is 2.50 bits per heavy atom. The van der Waals surface area contributed by atoms with Crippen LogP contribution in [-0.2, 0) is 0 Å². The third-order valence-electron chi connectivity index (χ3n) is 4.94. The standard InChI is InChI=1S/C19H21N5O2/c1-23-6-8-24(9-7-23)13-2-4-15-12(10-13)11-17(21-15)14-3-5-16(18(20)25)22-19(14)26/h2-5,10-11,21H,6-9H2,1H3,(H2,20,25)(H,22,26). The van der Waals surface area contributed by atoms with E-state index in [1.165, 1.54) is 11.8 Å². The number of aromatic amines is 2. The molecule has 0 atom stereocenters. The molecule has 7 nitrogen and oxygen atoms in total. The lowest BCUT2D eigenvalue weighted by molar-refractivity contribution is 0.0995. The summed E-state index contributed by atoms with van der Waals surface area (Å²) in [5.74, 6) is -0.651. The monoisotopic (exact) mass is 351 g/mol. The number of nitrogens with two attached hydrogens (primary N) is 1. The largest absolute Gasteiger partial charge is 0.369 e. The van der Waals surface area contributed by atoms with Gasteiger partial charge in [0, 0.05) is 42.8 Å². The second-order valence-electron chi connectivity index (χ2n) is 6.72. The Balaban J connectivity index is 1.68. The van der Waals surface area contributed by atoms with Crippen LogP contribution in [0.4, 0.5) is 5.69 Å². The van der Waals surface area contributed by atoms with Crippen LogP contribution in [0.3, 0.4) is 0 Å². The molecule has 2 aromatic heterocycles. The van der Waals surface area contributed by atoms with Crippen LogP contribution in [0, 0.1) is 0 Å². The van der Waals surface area contributed by atoms with Gasteiger partial charge in [-0.2, -0.15) is 0 Å². The number of carbonyl (C=O) groups is 1. The Morgan fingerprint density at radius 1 is 1.04 bits per heavy atom. The number of benzene rings is 1. The number of likely N-dealkylation sites (N-methyl/N-ethyl adjacent to an activating group) is 1. The van der Waals surface area contributed by atoms with Crippen LogP contribution >= 0.6 is 0 Å². The van der Waals surface area contributed by atoms with E-state index in [9.17, 15) is 9.59 Å². The summed E-state index contributed by atoms with van der Waals surface area (Å²) >= 11 is 0. The van der Waals surface area contributed by atoms with E-state index in [1.807, 2.05) is 12.1 Å². The molecule has 7 heteroatoms. The summed E-state index contributed by atoms with van der Waals surface area (Å²) in [5.41, 5.74) is 8.32. The molecule has 0 spiro atoms. The van der Waals surface area contributed by atoms with Crippen LogP contribution < -0.4 is 16.2 Å². The highest BCUT2D eigenvalue weighted by atomic mass is 16.1. The Morgan fingerprint density at radius 2 is 1.81 bits per heavy atom. The number of aromatic nitrogens is 2. The normalized spacial score (nSPS) is 15.5. The molecule has 1 saturated heterocycles. The van der Waals surface area contributed by atoms with Crippen LogP contribution in [0.2, 0.25) is 0 Å². The van der Waals surface area contributed by atoms with Gasteiger partial charge in [0.1, 0.15) is 5.69 Å². The molecule has 0 bridgehead atoms. The fourth-order valence-electron chi connectivity index (χ4n) is 3.36. The van der Waals surface area contributed by atoms with Crippen molar-refractivity contribution in [2.75, 3.05) is 38.1 Å². The average molecular weight is 351 g/mol. The molecule has 1 aliphatic rings. The van der Waals surface area contributed by atoms with Gasteiger partial charge >= 0.3 is 0 Å². The molecular formula is C19H21N5O2. The molecule has 26 heavy (non-hydrogen) atoms. The van der Waals surface area contributed by atoms with E-state index in [0.717, 1.165) is 37.1 Å². The maximum Gasteiger partial charge on any atom is 0.265 e. The maximum atomic E-state index is 12.3. The molecule has 3 aromatic rings. The minimum atomic E-state index is -0.651. The van der Waals surface area contributed by atoms with E-state index in [0.29, 0.717) is 11.3 Å². The number of piperazine rings is 1. The first-order valence-electron chi connectivity index (χ1n) is 8.61. The highest BCUT2D eigenvalue weighted by Crippen LogP contribution is 2.27. The second-order valence-corrected chi connectivity index (χ2v) is 6.72. The van der Waals surface area contributed by atoms with E-state index in [4.69, 9.17) is 5.73 Å². The summed E-state index contributed by atoms with van der Waals surface area (Å²) in [6, 6.07) is 11.4. The summed E-state index contributed by atoms with van der Waals surface area (Å²) in [6.45, 7) is 4.12. The summed E-state index contributed by atoms with van der Waals surface area (Å²) in [7, 11) is 2.14. The van der Waals surface area contributed by atoms with E-state index < -0.39 is 5.91 Å². The van der Waals surface area contributed by atoms with Gasteiger partial charge in [-0.1, -0.05) is 0 Å². The third-order valence-corrected chi connectivity index (χ3v) is 4.94. The number of pyridine rings is 1. The number of amides is 1. The number of nitrogens with zero attached hydrogens (tertiary/aromatic N) is 2. The lowest BCUT2D eigenvalue weighted by atomic mass is 10.1. The summed E-state index contributed by atoms with van der Waals surface area (Å²) in [5, 5.41) is 1.05. The van der Waals surface area contributed by atoms with Crippen molar-refractivity contribution in [1.82, 2.24) is 14.9 Å². The number of rotatable bonds is 3. The van der Waals surface area contributed by atoms with Crippen molar-refractivity contribution in [1.29, 1.82) is 0 Å². The predicted octanol–water partition coefficient (Wildman–Crippen LogP) is 1.37. The Kier molecular flexibility index (Phi) is 4.00. The number of fused-ring (bicyclic) bond motifs is 1. The number of hydrogen-bond donors (Lipinski definition) is 3. The zero-order valence-electron chi connectivity index (χ0n) is 14.6. The van der Waals surface area contributed by atoms with Crippen LogP contribution in [0.15, 0.2) is 41.2 Å². The fourth-order valence-corrected chi connectivity index (χ4v) is 3.36. The van der Waals surface area contributed by atoms with Crippen molar-refractivity contribution in [2.45, 2.75) is 0 Å². The molecule has 1 fully saturated rings. The third kappa shape index (κ3) is 2.97. The second kappa shape index (κ2) is 6.34. The molecule has 0 radical (unpaired) electrons. The number of hydrogen-bond acceptors (Lipinski definition) is 4. The Labute approximate surface area is 150 Å². The number of primary amides is 1. The van der Waals surface area contributed by atoms with E-state index in [1.54, 1.807) is 6.07 Å². The average Bonchev–Trinajstić information content (AvgIpc) is 3.05. The lowest BCUT2D eigenvalue weighted by Crippen LogP contribution is -2.44. The number of H-pyrrole nitrogens is 2. The molecule has 1 aliphatic heterocycles. The van der Waals surface area contributed by atoms with Gasteiger partial charge in [0.05, 0.1) is 11.3 Å². The number of carbonyl (C=O) groups excluding carboxylic acids is 1. The topological polar surface area (TPSA) is 98.2 Å². The minimum absolute atomic E-state index is 0.104.